The Morgan fingerprint density at radius 3 is 2.61 bits per heavy atom. The molecule has 0 bridgehead atoms. The zero-order valence-electron chi connectivity index (χ0n) is 10.1. The third kappa shape index (κ3) is 2.90. The van der Waals surface area contributed by atoms with Crippen LogP contribution in [0.5, 0.6) is 0 Å². The summed E-state index contributed by atoms with van der Waals surface area (Å²) in [7, 11) is -3.39. The van der Waals surface area contributed by atoms with Crippen molar-refractivity contribution in [3.63, 3.8) is 0 Å². The molecule has 0 unspecified atom stereocenters. The number of halogens is 2. The summed E-state index contributed by atoms with van der Waals surface area (Å²) in [6.07, 6.45) is 2.76. The van der Waals surface area contributed by atoms with E-state index in [1.54, 1.807) is 22.5 Å². The van der Waals surface area contributed by atoms with Gasteiger partial charge in [0, 0.05) is 17.1 Å². The third-order valence-electron chi connectivity index (χ3n) is 2.90. The molecule has 3 nitrogen and oxygen atoms in total. The summed E-state index contributed by atoms with van der Waals surface area (Å²) in [6, 6.07) is 4.93. The zero-order chi connectivity index (χ0) is 13.3. The van der Waals surface area contributed by atoms with Crippen molar-refractivity contribution in [3.8, 4) is 0 Å². The molecule has 0 heterocycles. The van der Waals surface area contributed by atoms with Crippen molar-refractivity contribution in [2.45, 2.75) is 37.1 Å². The Morgan fingerprint density at radius 1 is 1.44 bits per heavy atom. The topological polar surface area (TPSA) is 37.4 Å². The van der Waals surface area contributed by atoms with E-state index in [-0.39, 0.29) is 6.04 Å². The summed E-state index contributed by atoms with van der Waals surface area (Å²) < 4.78 is 27.3. The van der Waals surface area contributed by atoms with E-state index in [4.69, 9.17) is 11.6 Å². The first-order valence-corrected chi connectivity index (χ1v) is 8.55. The van der Waals surface area contributed by atoms with E-state index in [1.165, 1.54) is 0 Å². The lowest BCUT2D eigenvalue weighted by Crippen LogP contribution is -2.33. The minimum absolute atomic E-state index is 0.185. The first-order valence-electron chi connectivity index (χ1n) is 5.93. The number of sulfonamides is 1. The molecule has 1 aliphatic rings. The fourth-order valence-corrected chi connectivity index (χ4v) is 4.31. The van der Waals surface area contributed by atoms with Crippen LogP contribution in [0.4, 0.5) is 0 Å². The molecule has 1 aromatic rings. The van der Waals surface area contributed by atoms with Crippen molar-refractivity contribution in [3.05, 3.63) is 27.7 Å². The standard InChI is InChI=1S/C12H15BrClNO2S/c1-2-7-15(9-3-4-9)18(16,17)10-5-6-12(14)11(13)8-10/h5-6,8-9H,2-4,7H2,1H3. The normalized spacial score (nSPS) is 16.2. The van der Waals surface area contributed by atoms with Crippen LogP contribution in [0.2, 0.25) is 5.02 Å². The van der Waals surface area contributed by atoms with Gasteiger partial charge < -0.3 is 0 Å². The predicted octanol–water partition coefficient (Wildman–Crippen LogP) is 3.67. The highest BCUT2D eigenvalue weighted by Crippen LogP contribution is 2.33. The van der Waals surface area contributed by atoms with Gasteiger partial charge in [-0.25, -0.2) is 8.42 Å². The molecule has 1 aromatic carbocycles. The van der Waals surface area contributed by atoms with Gasteiger partial charge in [-0.2, -0.15) is 4.31 Å². The summed E-state index contributed by atoms with van der Waals surface area (Å²) in [5.74, 6) is 0. The van der Waals surface area contributed by atoms with Crippen LogP contribution < -0.4 is 0 Å². The van der Waals surface area contributed by atoms with Gasteiger partial charge in [-0.15, -0.1) is 0 Å². The lowest BCUT2D eigenvalue weighted by atomic mass is 10.4. The van der Waals surface area contributed by atoms with Gasteiger partial charge in [0.2, 0.25) is 10.0 Å². The molecular formula is C12H15BrClNO2S. The van der Waals surface area contributed by atoms with Crippen molar-refractivity contribution in [2.75, 3.05) is 6.54 Å². The first kappa shape index (κ1) is 14.3. The average Bonchev–Trinajstić information content (AvgIpc) is 3.13. The van der Waals surface area contributed by atoms with Crippen LogP contribution in [0.1, 0.15) is 26.2 Å². The molecule has 1 saturated carbocycles. The summed E-state index contributed by atoms with van der Waals surface area (Å²) in [4.78, 5) is 0.305. The van der Waals surface area contributed by atoms with Gasteiger partial charge in [-0.05, 0) is 53.4 Å². The van der Waals surface area contributed by atoms with Gasteiger partial charge in [-0.1, -0.05) is 18.5 Å². The Labute approximate surface area is 121 Å². The summed E-state index contributed by atoms with van der Waals surface area (Å²) in [5, 5.41) is 0.516. The largest absolute Gasteiger partial charge is 0.243 e. The molecule has 0 atom stereocenters. The van der Waals surface area contributed by atoms with E-state index in [1.807, 2.05) is 6.92 Å². The van der Waals surface area contributed by atoms with Crippen LogP contribution in [0.15, 0.2) is 27.6 Å². The summed E-state index contributed by atoms with van der Waals surface area (Å²) in [5.41, 5.74) is 0. The lowest BCUT2D eigenvalue weighted by molar-refractivity contribution is 0.403. The minimum atomic E-state index is -3.39. The van der Waals surface area contributed by atoms with Crippen molar-refractivity contribution in [1.29, 1.82) is 0 Å². The fraction of sp³-hybridized carbons (Fsp3) is 0.500. The Hall–Kier alpha value is -0.100. The van der Waals surface area contributed by atoms with Crippen molar-refractivity contribution < 1.29 is 8.42 Å². The summed E-state index contributed by atoms with van der Waals surface area (Å²) >= 11 is 9.16. The highest BCUT2D eigenvalue weighted by Gasteiger charge is 2.37. The van der Waals surface area contributed by atoms with E-state index < -0.39 is 10.0 Å². The van der Waals surface area contributed by atoms with E-state index in [0.29, 0.717) is 20.9 Å². The first-order chi connectivity index (χ1) is 8.46. The SMILES string of the molecule is CCCN(C1CC1)S(=O)(=O)c1ccc(Cl)c(Br)c1. The van der Waals surface area contributed by atoms with Gasteiger partial charge in [-0.3, -0.25) is 0 Å². The van der Waals surface area contributed by atoms with Gasteiger partial charge in [0.1, 0.15) is 0 Å². The zero-order valence-corrected chi connectivity index (χ0v) is 13.2. The van der Waals surface area contributed by atoms with Crippen LogP contribution in [0.3, 0.4) is 0 Å². The van der Waals surface area contributed by atoms with E-state index >= 15 is 0 Å². The number of hydrogen-bond acceptors (Lipinski definition) is 2. The molecule has 0 saturated heterocycles. The predicted molar refractivity (Wildman–Crippen MR) is 76.4 cm³/mol. The van der Waals surface area contributed by atoms with Crippen molar-refractivity contribution in [1.82, 2.24) is 4.31 Å². The molecular weight excluding hydrogens is 338 g/mol. The Kier molecular flexibility index (Phi) is 4.36. The molecule has 18 heavy (non-hydrogen) atoms. The number of hydrogen-bond donors (Lipinski definition) is 0. The highest BCUT2D eigenvalue weighted by molar-refractivity contribution is 9.10. The van der Waals surface area contributed by atoms with Gasteiger partial charge in [0.05, 0.1) is 9.92 Å². The van der Waals surface area contributed by atoms with Crippen LogP contribution in [-0.2, 0) is 10.0 Å². The van der Waals surface area contributed by atoms with E-state index in [2.05, 4.69) is 15.9 Å². The molecule has 0 aliphatic heterocycles. The smallest absolute Gasteiger partial charge is 0.207 e. The molecule has 2 rings (SSSR count). The number of nitrogens with zero attached hydrogens (tertiary/aromatic N) is 1. The maximum absolute atomic E-state index is 12.5. The molecule has 0 aromatic heterocycles. The molecule has 0 spiro atoms. The molecule has 100 valence electrons. The van der Waals surface area contributed by atoms with E-state index in [0.717, 1.165) is 19.3 Å². The Bertz CT molecular complexity index is 543. The molecule has 6 heteroatoms. The molecule has 1 fully saturated rings. The van der Waals surface area contributed by atoms with Crippen molar-refractivity contribution >= 4 is 37.6 Å². The van der Waals surface area contributed by atoms with Crippen LogP contribution in [0, 0.1) is 0 Å². The average molecular weight is 353 g/mol. The van der Waals surface area contributed by atoms with Crippen LogP contribution in [-0.4, -0.2) is 25.3 Å². The maximum atomic E-state index is 12.5. The second-order valence-electron chi connectivity index (χ2n) is 4.42. The number of benzene rings is 1. The molecule has 0 radical (unpaired) electrons. The van der Waals surface area contributed by atoms with Crippen LogP contribution >= 0.6 is 27.5 Å². The second kappa shape index (κ2) is 5.49. The maximum Gasteiger partial charge on any atom is 0.243 e. The molecule has 1 aliphatic carbocycles. The minimum Gasteiger partial charge on any atom is -0.207 e. The Morgan fingerprint density at radius 2 is 2.11 bits per heavy atom. The van der Waals surface area contributed by atoms with Crippen LogP contribution in [0.25, 0.3) is 0 Å². The molecule has 0 N–H and O–H groups in total. The second-order valence-corrected chi connectivity index (χ2v) is 7.57. The van der Waals surface area contributed by atoms with Gasteiger partial charge >= 0.3 is 0 Å². The van der Waals surface area contributed by atoms with E-state index in [9.17, 15) is 8.42 Å². The quantitative estimate of drug-likeness (QED) is 0.811. The number of rotatable bonds is 5. The monoisotopic (exact) mass is 351 g/mol. The Balaban J connectivity index is 2.36. The fourth-order valence-electron chi connectivity index (χ4n) is 1.85. The molecule has 0 amide bonds. The highest BCUT2D eigenvalue weighted by atomic mass is 79.9. The van der Waals surface area contributed by atoms with Crippen molar-refractivity contribution in [2.24, 2.45) is 0 Å². The lowest BCUT2D eigenvalue weighted by Gasteiger charge is -2.21. The third-order valence-corrected chi connectivity index (χ3v) is 6.06. The summed E-state index contributed by atoms with van der Waals surface area (Å²) in [6.45, 7) is 2.57. The van der Waals surface area contributed by atoms with Gasteiger partial charge in [0.15, 0.2) is 0 Å². The van der Waals surface area contributed by atoms with Gasteiger partial charge in [0.25, 0.3) is 0 Å².